The first kappa shape index (κ1) is 23.4. The summed E-state index contributed by atoms with van der Waals surface area (Å²) in [7, 11) is 0. The van der Waals surface area contributed by atoms with Crippen LogP contribution in [-0.2, 0) is 13.2 Å². The van der Waals surface area contributed by atoms with Gasteiger partial charge in [0.2, 0.25) is 5.78 Å². The van der Waals surface area contributed by atoms with E-state index < -0.39 is 17.3 Å². The molecule has 35 heavy (non-hydrogen) atoms. The van der Waals surface area contributed by atoms with Gasteiger partial charge in [0.25, 0.3) is 0 Å². The Morgan fingerprint density at radius 3 is 1.74 bits per heavy atom. The molecule has 0 bridgehead atoms. The van der Waals surface area contributed by atoms with Gasteiger partial charge < -0.3 is 24.8 Å². The van der Waals surface area contributed by atoms with Crippen LogP contribution in [0.1, 0.15) is 27.0 Å². The topological polar surface area (TPSA) is 96.2 Å². The van der Waals surface area contributed by atoms with E-state index >= 15 is 0 Å². The largest absolute Gasteiger partial charge is 0.508 e. The number of carbonyl (C=O) groups excluding carboxylic acids is 1. The van der Waals surface area contributed by atoms with Crippen LogP contribution < -0.4 is 9.47 Å². The van der Waals surface area contributed by atoms with Crippen LogP contribution in [0.15, 0.2) is 97.6 Å². The molecule has 0 radical (unpaired) electrons. The van der Waals surface area contributed by atoms with Crippen molar-refractivity contribution in [3.05, 3.63) is 120 Å². The normalized spacial score (nSPS) is 10.5. The molecule has 0 unspecified atom stereocenters. The van der Waals surface area contributed by atoms with Gasteiger partial charge in [0.05, 0.1) is 0 Å². The zero-order chi connectivity index (χ0) is 24.8. The quantitative estimate of drug-likeness (QED) is 0.210. The number of phenols is 3. The molecule has 4 rings (SSSR count). The molecular formula is C29H24O6. The van der Waals surface area contributed by atoms with Crippen LogP contribution in [0.25, 0.3) is 5.57 Å². The maximum atomic E-state index is 13.0. The van der Waals surface area contributed by atoms with Crippen molar-refractivity contribution in [3.8, 4) is 28.7 Å². The Balaban J connectivity index is 1.62. The number of carbonyl (C=O) groups is 1. The number of phenolic OH excluding ortho intramolecular Hbond substituents is 3. The van der Waals surface area contributed by atoms with Crippen LogP contribution >= 0.6 is 0 Å². The highest BCUT2D eigenvalue weighted by Gasteiger charge is 2.22. The van der Waals surface area contributed by atoms with E-state index in [9.17, 15) is 20.1 Å². The monoisotopic (exact) mass is 468 g/mol. The van der Waals surface area contributed by atoms with Gasteiger partial charge in [-0.15, -0.1) is 0 Å². The highest BCUT2D eigenvalue weighted by atomic mass is 16.5. The Morgan fingerprint density at radius 2 is 1.20 bits per heavy atom. The SMILES string of the molecule is C=C(C(=O)c1c(O)cc(O)cc1O)c1ccc(OCc2ccccc2)c(OCc2ccccc2)c1. The van der Waals surface area contributed by atoms with Crippen molar-refractivity contribution in [2.45, 2.75) is 13.2 Å². The van der Waals surface area contributed by atoms with Crippen molar-refractivity contribution in [2.75, 3.05) is 0 Å². The molecule has 0 amide bonds. The number of hydrogen-bond acceptors (Lipinski definition) is 6. The maximum absolute atomic E-state index is 13.0. The molecule has 0 heterocycles. The van der Waals surface area contributed by atoms with E-state index in [0.717, 1.165) is 23.3 Å². The number of ketones is 1. The second-order valence-corrected chi connectivity index (χ2v) is 7.88. The van der Waals surface area contributed by atoms with Crippen molar-refractivity contribution < 1.29 is 29.6 Å². The van der Waals surface area contributed by atoms with Gasteiger partial charge in [-0.1, -0.05) is 73.3 Å². The number of ether oxygens (including phenoxy) is 2. The number of benzene rings is 4. The molecule has 0 atom stereocenters. The van der Waals surface area contributed by atoms with Crippen LogP contribution in [0.5, 0.6) is 28.7 Å². The van der Waals surface area contributed by atoms with Crippen molar-refractivity contribution in [3.63, 3.8) is 0 Å². The summed E-state index contributed by atoms with van der Waals surface area (Å²) < 4.78 is 12.0. The summed E-state index contributed by atoms with van der Waals surface area (Å²) in [5, 5.41) is 29.7. The summed E-state index contributed by atoms with van der Waals surface area (Å²) in [4.78, 5) is 13.0. The van der Waals surface area contributed by atoms with E-state index in [1.165, 1.54) is 0 Å². The number of hydrogen-bond donors (Lipinski definition) is 3. The fraction of sp³-hybridized carbons (Fsp3) is 0.0690. The summed E-state index contributed by atoms with van der Waals surface area (Å²) in [6.07, 6.45) is 0. The molecular weight excluding hydrogens is 444 g/mol. The standard InChI is InChI=1S/C29H24O6/c1-19(29(33)28-24(31)15-23(30)16-25(28)32)22-12-13-26(34-17-20-8-4-2-5-9-20)27(14-22)35-18-21-10-6-3-7-11-21/h2-16,30-32H,1,17-18H2. The molecule has 4 aromatic rings. The number of Topliss-reactive ketones (excluding diaryl/α,β-unsaturated/α-hetero) is 1. The minimum absolute atomic E-state index is 0.0282. The minimum Gasteiger partial charge on any atom is -0.508 e. The van der Waals surface area contributed by atoms with Gasteiger partial charge in [0, 0.05) is 17.7 Å². The predicted molar refractivity (Wildman–Crippen MR) is 133 cm³/mol. The van der Waals surface area contributed by atoms with Crippen LogP contribution in [0.3, 0.4) is 0 Å². The van der Waals surface area contributed by atoms with Gasteiger partial charge in [-0.25, -0.2) is 0 Å². The molecule has 6 heteroatoms. The second kappa shape index (κ2) is 10.5. The average Bonchev–Trinajstić information content (AvgIpc) is 2.86. The lowest BCUT2D eigenvalue weighted by molar-refractivity contribution is 0.105. The summed E-state index contributed by atoms with van der Waals surface area (Å²) in [6.45, 7) is 4.47. The molecule has 0 spiro atoms. The zero-order valence-corrected chi connectivity index (χ0v) is 18.8. The maximum Gasteiger partial charge on any atom is 0.200 e. The number of allylic oxidation sites excluding steroid dienone is 1. The Labute approximate surface area is 203 Å². The van der Waals surface area contributed by atoms with Crippen LogP contribution in [0.4, 0.5) is 0 Å². The van der Waals surface area contributed by atoms with Gasteiger partial charge in [-0.05, 0) is 28.8 Å². The Kier molecular flexibility index (Phi) is 7.02. The number of aromatic hydroxyl groups is 3. The van der Waals surface area contributed by atoms with E-state index in [1.807, 2.05) is 60.7 Å². The smallest absolute Gasteiger partial charge is 0.200 e. The van der Waals surface area contributed by atoms with E-state index in [0.29, 0.717) is 23.7 Å². The molecule has 0 aliphatic carbocycles. The van der Waals surface area contributed by atoms with Crippen molar-refractivity contribution >= 4 is 11.4 Å². The highest BCUT2D eigenvalue weighted by Crippen LogP contribution is 2.37. The van der Waals surface area contributed by atoms with Gasteiger partial charge in [0.15, 0.2) is 11.5 Å². The van der Waals surface area contributed by atoms with Crippen LogP contribution in [-0.4, -0.2) is 21.1 Å². The molecule has 3 N–H and O–H groups in total. The molecule has 0 aliphatic rings. The Morgan fingerprint density at radius 1 is 0.686 bits per heavy atom. The summed E-state index contributed by atoms with van der Waals surface area (Å²) >= 11 is 0. The fourth-order valence-corrected chi connectivity index (χ4v) is 3.51. The molecule has 0 fully saturated rings. The molecule has 0 aliphatic heterocycles. The highest BCUT2D eigenvalue weighted by molar-refractivity contribution is 6.30. The summed E-state index contributed by atoms with van der Waals surface area (Å²) in [6, 6.07) is 26.3. The van der Waals surface area contributed by atoms with E-state index in [-0.39, 0.29) is 23.5 Å². The van der Waals surface area contributed by atoms with Gasteiger partial charge >= 0.3 is 0 Å². The van der Waals surface area contributed by atoms with Gasteiger partial charge in [-0.3, -0.25) is 4.79 Å². The average molecular weight is 469 g/mol. The Bertz CT molecular complexity index is 1320. The van der Waals surface area contributed by atoms with Gasteiger partial charge in [0.1, 0.15) is 36.0 Å². The van der Waals surface area contributed by atoms with E-state index in [4.69, 9.17) is 9.47 Å². The van der Waals surface area contributed by atoms with Crippen molar-refractivity contribution in [2.24, 2.45) is 0 Å². The predicted octanol–water partition coefficient (Wildman–Crippen LogP) is 5.86. The molecule has 0 saturated heterocycles. The van der Waals surface area contributed by atoms with Crippen LogP contribution in [0.2, 0.25) is 0 Å². The number of rotatable bonds is 9. The molecule has 0 saturated carbocycles. The van der Waals surface area contributed by atoms with Gasteiger partial charge in [-0.2, -0.15) is 0 Å². The fourth-order valence-electron chi connectivity index (χ4n) is 3.51. The van der Waals surface area contributed by atoms with Crippen molar-refractivity contribution in [1.82, 2.24) is 0 Å². The first-order valence-corrected chi connectivity index (χ1v) is 10.9. The molecule has 4 aromatic carbocycles. The van der Waals surface area contributed by atoms with E-state index in [1.54, 1.807) is 18.2 Å². The first-order chi connectivity index (χ1) is 16.9. The molecule has 176 valence electrons. The van der Waals surface area contributed by atoms with Crippen molar-refractivity contribution in [1.29, 1.82) is 0 Å². The molecule has 0 aromatic heterocycles. The lowest BCUT2D eigenvalue weighted by atomic mass is 9.96. The third-order valence-corrected chi connectivity index (χ3v) is 5.35. The van der Waals surface area contributed by atoms with E-state index in [2.05, 4.69) is 6.58 Å². The second-order valence-electron chi connectivity index (χ2n) is 7.88. The third-order valence-electron chi connectivity index (χ3n) is 5.35. The third kappa shape index (κ3) is 5.62. The summed E-state index contributed by atoms with van der Waals surface area (Å²) in [5.74, 6) is -1.24. The summed E-state index contributed by atoms with van der Waals surface area (Å²) in [5.41, 5.74) is 2.06. The zero-order valence-electron chi connectivity index (χ0n) is 18.8. The lowest BCUT2D eigenvalue weighted by Crippen LogP contribution is -2.05. The molecule has 6 nitrogen and oxygen atoms in total. The minimum atomic E-state index is -0.688. The Hall–Kier alpha value is -4.71. The lowest BCUT2D eigenvalue weighted by Gasteiger charge is -2.16. The van der Waals surface area contributed by atoms with Crippen LogP contribution in [0, 0.1) is 0 Å². The first-order valence-electron chi connectivity index (χ1n) is 10.9.